The average molecular weight is 345 g/mol. The number of hydrogen-bond acceptors (Lipinski definition) is 4. The lowest BCUT2D eigenvalue weighted by Gasteiger charge is -2.24. The van der Waals surface area contributed by atoms with Crippen molar-refractivity contribution in [2.45, 2.75) is 26.0 Å². The fourth-order valence-corrected chi connectivity index (χ4v) is 2.44. The van der Waals surface area contributed by atoms with Gasteiger partial charge >= 0.3 is 0 Å². The first-order valence-electron chi connectivity index (χ1n) is 8.35. The van der Waals surface area contributed by atoms with Gasteiger partial charge in [0.05, 0.1) is 19.9 Å². The Morgan fingerprint density at radius 3 is 2.60 bits per heavy atom. The lowest BCUT2D eigenvalue weighted by Crippen LogP contribution is -2.39. The molecule has 1 heterocycles. The van der Waals surface area contributed by atoms with Gasteiger partial charge in [-0.15, -0.1) is 0 Å². The van der Waals surface area contributed by atoms with Gasteiger partial charge in [-0.05, 0) is 43.7 Å². The summed E-state index contributed by atoms with van der Waals surface area (Å²) < 4.78 is 10.5. The highest BCUT2D eigenvalue weighted by atomic mass is 16.5. The second kappa shape index (κ2) is 8.58. The summed E-state index contributed by atoms with van der Waals surface area (Å²) in [5, 5.41) is 13.8. The van der Waals surface area contributed by atoms with E-state index in [1.54, 1.807) is 32.4 Å². The molecule has 0 radical (unpaired) electrons. The summed E-state index contributed by atoms with van der Waals surface area (Å²) in [7, 11) is 3.62. The molecule has 25 heavy (non-hydrogen) atoms. The summed E-state index contributed by atoms with van der Waals surface area (Å²) in [5.41, 5.74) is -0.00260. The van der Waals surface area contributed by atoms with Crippen LogP contribution in [0.4, 0.5) is 0 Å². The number of rotatable bonds is 7. The fraction of sp³-hybridized carbons (Fsp3) is 0.421. The number of guanidine groups is 1. The lowest BCUT2D eigenvalue weighted by atomic mass is 10.0. The van der Waals surface area contributed by atoms with Gasteiger partial charge in [-0.3, -0.25) is 0 Å². The highest BCUT2D eigenvalue weighted by molar-refractivity contribution is 5.79. The molecule has 0 saturated carbocycles. The number of ether oxygens (including phenoxy) is 1. The third-order valence-corrected chi connectivity index (χ3v) is 3.86. The number of aliphatic imine (C=N–C) groups is 1. The summed E-state index contributed by atoms with van der Waals surface area (Å²) in [6, 6.07) is 11.4. The Balaban J connectivity index is 2.07. The van der Waals surface area contributed by atoms with Crippen molar-refractivity contribution in [2.75, 3.05) is 27.2 Å². The van der Waals surface area contributed by atoms with E-state index in [1.807, 2.05) is 43.1 Å². The SMILES string of the molecule is CCNC(=NCC(C)(O)c1ccco1)N(C)Cc1ccc(OC)cc1. The molecule has 0 aliphatic heterocycles. The molecule has 0 aliphatic rings. The first kappa shape index (κ1) is 18.9. The van der Waals surface area contributed by atoms with Gasteiger partial charge in [-0.1, -0.05) is 12.1 Å². The van der Waals surface area contributed by atoms with Crippen molar-refractivity contribution < 1.29 is 14.3 Å². The first-order chi connectivity index (χ1) is 12.0. The number of methoxy groups -OCH3 is 1. The Morgan fingerprint density at radius 1 is 1.32 bits per heavy atom. The van der Waals surface area contributed by atoms with E-state index in [1.165, 1.54) is 0 Å². The predicted octanol–water partition coefficient (Wildman–Crippen LogP) is 2.59. The molecule has 2 rings (SSSR count). The van der Waals surface area contributed by atoms with Crippen molar-refractivity contribution in [1.82, 2.24) is 10.2 Å². The van der Waals surface area contributed by atoms with E-state index in [0.717, 1.165) is 23.8 Å². The maximum atomic E-state index is 10.6. The summed E-state index contributed by atoms with van der Waals surface area (Å²) in [4.78, 5) is 6.59. The summed E-state index contributed by atoms with van der Waals surface area (Å²) in [6.45, 7) is 5.35. The molecule has 2 N–H and O–H groups in total. The van der Waals surface area contributed by atoms with Gasteiger partial charge in [0.15, 0.2) is 5.96 Å². The van der Waals surface area contributed by atoms with E-state index in [-0.39, 0.29) is 6.54 Å². The summed E-state index contributed by atoms with van der Waals surface area (Å²) in [5.74, 6) is 2.07. The van der Waals surface area contributed by atoms with Crippen LogP contribution in [-0.4, -0.2) is 43.2 Å². The molecule has 1 atom stereocenters. The standard InChI is InChI=1S/C19H27N3O3/c1-5-20-18(21-14-19(2,23)17-7-6-12-25-17)22(3)13-15-8-10-16(24-4)11-9-15/h6-12,23H,5,13-14H2,1-4H3,(H,20,21). The molecule has 0 aliphatic carbocycles. The van der Waals surface area contributed by atoms with Crippen LogP contribution in [0.15, 0.2) is 52.1 Å². The minimum atomic E-state index is -1.15. The van der Waals surface area contributed by atoms with Crippen molar-refractivity contribution in [2.24, 2.45) is 4.99 Å². The van der Waals surface area contributed by atoms with Crippen LogP contribution in [0.25, 0.3) is 0 Å². The van der Waals surface area contributed by atoms with E-state index >= 15 is 0 Å². The molecule has 0 spiro atoms. The Bertz CT molecular complexity index is 664. The minimum Gasteiger partial charge on any atom is -0.497 e. The number of nitrogens with zero attached hydrogens (tertiary/aromatic N) is 2. The first-order valence-corrected chi connectivity index (χ1v) is 8.35. The van der Waals surface area contributed by atoms with Crippen molar-refractivity contribution in [3.63, 3.8) is 0 Å². The maximum absolute atomic E-state index is 10.6. The van der Waals surface area contributed by atoms with Gasteiger partial charge in [0, 0.05) is 20.1 Å². The zero-order valence-electron chi connectivity index (χ0n) is 15.3. The maximum Gasteiger partial charge on any atom is 0.194 e. The molecule has 0 fully saturated rings. The zero-order valence-corrected chi connectivity index (χ0v) is 15.3. The van der Waals surface area contributed by atoms with Crippen molar-refractivity contribution >= 4 is 5.96 Å². The van der Waals surface area contributed by atoms with Crippen LogP contribution in [0.5, 0.6) is 5.75 Å². The van der Waals surface area contributed by atoms with Gasteiger partial charge in [-0.2, -0.15) is 0 Å². The lowest BCUT2D eigenvalue weighted by molar-refractivity contribution is 0.0435. The molecule has 0 saturated heterocycles. The highest BCUT2D eigenvalue weighted by Crippen LogP contribution is 2.21. The van der Waals surface area contributed by atoms with Crippen molar-refractivity contribution in [3.8, 4) is 5.75 Å². The molecule has 2 aromatic rings. The number of benzene rings is 1. The van der Waals surface area contributed by atoms with Gasteiger partial charge in [0.1, 0.15) is 17.1 Å². The molecule has 0 bridgehead atoms. The van der Waals surface area contributed by atoms with Crippen LogP contribution >= 0.6 is 0 Å². The van der Waals surface area contributed by atoms with Crippen molar-refractivity contribution in [1.29, 1.82) is 0 Å². The van der Waals surface area contributed by atoms with Gasteiger partial charge in [0.2, 0.25) is 0 Å². The number of aliphatic hydroxyl groups is 1. The van der Waals surface area contributed by atoms with Gasteiger partial charge in [0.25, 0.3) is 0 Å². The van der Waals surface area contributed by atoms with E-state index in [2.05, 4.69) is 10.3 Å². The molecule has 1 aromatic carbocycles. The van der Waals surface area contributed by atoms with Crippen LogP contribution in [0.1, 0.15) is 25.2 Å². The van der Waals surface area contributed by atoms with Gasteiger partial charge in [-0.25, -0.2) is 4.99 Å². The van der Waals surface area contributed by atoms with Crippen LogP contribution < -0.4 is 10.1 Å². The minimum absolute atomic E-state index is 0.204. The van der Waals surface area contributed by atoms with E-state index in [4.69, 9.17) is 9.15 Å². The normalized spacial score (nSPS) is 14.0. The van der Waals surface area contributed by atoms with E-state index in [9.17, 15) is 5.11 Å². The quantitative estimate of drug-likeness (QED) is 0.596. The molecular formula is C19H27N3O3. The molecular weight excluding hydrogens is 318 g/mol. The largest absolute Gasteiger partial charge is 0.497 e. The molecule has 6 nitrogen and oxygen atoms in total. The van der Waals surface area contributed by atoms with Crippen molar-refractivity contribution in [3.05, 3.63) is 54.0 Å². The van der Waals surface area contributed by atoms with Gasteiger partial charge < -0.3 is 24.5 Å². The van der Waals surface area contributed by atoms with E-state index in [0.29, 0.717) is 12.3 Å². The second-order valence-corrected chi connectivity index (χ2v) is 6.13. The molecule has 1 unspecified atom stereocenters. The predicted molar refractivity (Wildman–Crippen MR) is 98.7 cm³/mol. The average Bonchev–Trinajstić information content (AvgIpc) is 3.15. The third-order valence-electron chi connectivity index (χ3n) is 3.86. The molecule has 0 amide bonds. The Hall–Kier alpha value is -2.47. The Morgan fingerprint density at radius 2 is 2.04 bits per heavy atom. The molecule has 6 heteroatoms. The number of furan rings is 1. The second-order valence-electron chi connectivity index (χ2n) is 6.13. The summed E-state index contributed by atoms with van der Waals surface area (Å²) in [6.07, 6.45) is 1.55. The Labute approximate surface area is 149 Å². The highest BCUT2D eigenvalue weighted by Gasteiger charge is 2.26. The molecule has 1 aromatic heterocycles. The van der Waals surface area contributed by atoms with Crippen LogP contribution in [0.2, 0.25) is 0 Å². The monoisotopic (exact) mass is 345 g/mol. The smallest absolute Gasteiger partial charge is 0.194 e. The van der Waals surface area contributed by atoms with Crippen LogP contribution in [0, 0.1) is 0 Å². The Kier molecular flexibility index (Phi) is 6.47. The number of nitrogens with one attached hydrogen (secondary N) is 1. The number of hydrogen-bond donors (Lipinski definition) is 2. The topological polar surface area (TPSA) is 70.2 Å². The van der Waals surface area contributed by atoms with E-state index < -0.39 is 5.60 Å². The van der Waals surface area contributed by atoms with Crippen LogP contribution in [0.3, 0.4) is 0 Å². The summed E-state index contributed by atoms with van der Waals surface area (Å²) >= 11 is 0. The third kappa shape index (κ3) is 5.26. The fourth-order valence-electron chi connectivity index (χ4n) is 2.44. The zero-order chi connectivity index (χ0) is 18.3. The molecule has 136 valence electrons. The van der Waals surface area contributed by atoms with Crippen LogP contribution in [-0.2, 0) is 12.1 Å².